The van der Waals surface area contributed by atoms with Gasteiger partial charge in [-0.2, -0.15) is 0 Å². The van der Waals surface area contributed by atoms with Gasteiger partial charge in [0.25, 0.3) is 0 Å². The minimum atomic E-state index is 0.101. The van der Waals surface area contributed by atoms with E-state index in [0.717, 1.165) is 18.5 Å². The van der Waals surface area contributed by atoms with Gasteiger partial charge in [-0.05, 0) is 24.0 Å². The SMILES string of the molecule is CC1CC(N)CN(C(=O)Cc2ccccc2Cl)C1. The molecule has 1 saturated heterocycles. The standard InChI is InChI=1S/C14H19ClN2O/c1-10-6-12(16)9-17(8-10)14(18)7-11-4-2-3-5-13(11)15/h2-5,10,12H,6-9,16H2,1H3. The molecule has 2 rings (SSSR count). The monoisotopic (exact) mass is 266 g/mol. The number of carbonyl (C=O) groups is 1. The molecule has 2 N–H and O–H groups in total. The van der Waals surface area contributed by atoms with Crippen LogP contribution in [-0.4, -0.2) is 29.9 Å². The van der Waals surface area contributed by atoms with E-state index in [4.69, 9.17) is 17.3 Å². The quantitative estimate of drug-likeness (QED) is 0.891. The average Bonchev–Trinajstić information content (AvgIpc) is 2.31. The highest BCUT2D eigenvalue weighted by Gasteiger charge is 2.25. The van der Waals surface area contributed by atoms with E-state index in [1.807, 2.05) is 29.2 Å². The fourth-order valence-corrected chi connectivity index (χ4v) is 2.72. The molecule has 1 aliphatic rings. The Hall–Kier alpha value is -1.06. The third-order valence-corrected chi connectivity index (χ3v) is 3.71. The van der Waals surface area contributed by atoms with Gasteiger partial charge in [-0.3, -0.25) is 4.79 Å². The second-order valence-corrected chi connectivity index (χ2v) is 5.58. The second-order valence-electron chi connectivity index (χ2n) is 5.17. The van der Waals surface area contributed by atoms with Crippen molar-refractivity contribution in [3.63, 3.8) is 0 Å². The summed E-state index contributed by atoms with van der Waals surface area (Å²) < 4.78 is 0. The second kappa shape index (κ2) is 5.72. The smallest absolute Gasteiger partial charge is 0.227 e. The molecule has 1 aliphatic heterocycles. The van der Waals surface area contributed by atoms with Crippen LogP contribution >= 0.6 is 11.6 Å². The summed E-state index contributed by atoms with van der Waals surface area (Å²) in [4.78, 5) is 14.1. The molecule has 0 spiro atoms. The van der Waals surface area contributed by atoms with Gasteiger partial charge in [0.15, 0.2) is 0 Å². The van der Waals surface area contributed by atoms with Crippen molar-refractivity contribution in [2.45, 2.75) is 25.8 Å². The molecule has 2 atom stereocenters. The van der Waals surface area contributed by atoms with Crippen molar-refractivity contribution >= 4 is 17.5 Å². The summed E-state index contributed by atoms with van der Waals surface area (Å²) in [5.41, 5.74) is 6.84. The third-order valence-electron chi connectivity index (χ3n) is 3.34. The zero-order chi connectivity index (χ0) is 13.1. The molecule has 4 heteroatoms. The molecule has 2 unspecified atom stereocenters. The van der Waals surface area contributed by atoms with Gasteiger partial charge in [-0.15, -0.1) is 0 Å². The highest BCUT2D eigenvalue weighted by Crippen LogP contribution is 2.19. The van der Waals surface area contributed by atoms with Crippen LogP contribution < -0.4 is 5.73 Å². The number of carbonyl (C=O) groups excluding carboxylic acids is 1. The minimum absolute atomic E-state index is 0.101. The van der Waals surface area contributed by atoms with Crippen molar-refractivity contribution in [3.8, 4) is 0 Å². The Bertz CT molecular complexity index is 426. The number of amides is 1. The summed E-state index contributed by atoms with van der Waals surface area (Å²) in [5, 5.41) is 0.653. The van der Waals surface area contributed by atoms with Gasteiger partial charge in [0.05, 0.1) is 6.42 Å². The van der Waals surface area contributed by atoms with Gasteiger partial charge in [0.2, 0.25) is 5.91 Å². The Morgan fingerprint density at radius 1 is 1.44 bits per heavy atom. The summed E-state index contributed by atoms with van der Waals surface area (Å²) in [6, 6.07) is 7.58. The molecule has 98 valence electrons. The summed E-state index contributed by atoms with van der Waals surface area (Å²) >= 11 is 6.07. The molecular formula is C14H19ClN2O. The van der Waals surface area contributed by atoms with Gasteiger partial charge >= 0.3 is 0 Å². The number of hydrogen-bond acceptors (Lipinski definition) is 2. The van der Waals surface area contributed by atoms with E-state index in [9.17, 15) is 4.79 Å². The molecule has 0 aromatic heterocycles. The van der Waals surface area contributed by atoms with E-state index in [1.54, 1.807) is 0 Å². The molecular weight excluding hydrogens is 248 g/mol. The Balaban J connectivity index is 2.02. The number of nitrogens with zero attached hydrogens (tertiary/aromatic N) is 1. The molecule has 0 saturated carbocycles. The van der Waals surface area contributed by atoms with Crippen molar-refractivity contribution in [2.24, 2.45) is 11.7 Å². The average molecular weight is 267 g/mol. The van der Waals surface area contributed by atoms with Crippen LogP contribution in [0.1, 0.15) is 18.9 Å². The molecule has 3 nitrogen and oxygen atoms in total. The van der Waals surface area contributed by atoms with Gasteiger partial charge in [-0.1, -0.05) is 36.7 Å². The number of rotatable bonds is 2. The summed E-state index contributed by atoms with van der Waals surface area (Å²) in [6.07, 6.45) is 1.36. The largest absolute Gasteiger partial charge is 0.341 e. The van der Waals surface area contributed by atoms with E-state index in [-0.39, 0.29) is 11.9 Å². The van der Waals surface area contributed by atoms with E-state index in [0.29, 0.717) is 23.9 Å². The van der Waals surface area contributed by atoms with Gasteiger partial charge in [-0.25, -0.2) is 0 Å². The summed E-state index contributed by atoms with van der Waals surface area (Å²) in [5.74, 6) is 0.592. The van der Waals surface area contributed by atoms with Crippen LogP contribution in [0.25, 0.3) is 0 Å². The first-order valence-corrected chi connectivity index (χ1v) is 6.71. The van der Waals surface area contributed by atoms with E-state index in [1.165, 1.54) is 0 Å². The first kappa shape index (κ1) is 13.4. The predicted octanol–water partition coefficient (Wildman–Crippen LogP) is 2.08. The fraction of sp³-hybridized carbons (Fsp3) is 0.500. The van der Waals surface area contributed by atoms with Crippen molar-refractivity contribution in [3.05, 3.63) is 34.9 Å². The number of benzene rings is 1. The van der Waals surface area contributed by atoms with E-state index in [2.05, 4.69) is 6.92 Å². The van der Waals surface area contributed by atoms with Crippen molar-refractivity contribution < 1.29 is 4.79 Å². The van der Waals surface area contributed by atoms with Gasteiger partial charge in [0.1, 0.15) is 0 Å². The van der Waals surface area contributed by atoms with Gasteiger partial charge in [0, 0.05) is 24.2 Å². The maximum Gasteiger partial charge on any atom is 0.227 e. The minimum Gasteiger partial charge on any atom is -0.341 e. The lowest BCUT2D eigenvalue weighted by molar-refractivity contribution is -0.132. The maximum atomic E-state index is 12.2. The molecule has 1 amide bonds. The molecule has 1 aromatic rings. The van der Waals surface area contributed by atoms with Crippen LogP contribution in [0, 0.1) is 5.92 Å². The predicted molar refractivity (Wildman–Crippen MR) is 73.5 cm³/mol. The Labute approximate surface area is 113 Å². The van der Waals surface area contributed by atoms with Gasteiger partial charge < -0.3 is 10.6 Å². The van der Waals surface area contributed by atoms with Crippen LogP contribution in [0.15, 0.2) is 24.3 Å². The highest BCUT2D eigenvalue weighted by atomic mass is 35.5. The van der Waals surface area contributed by atoms with Crippen LogP contribution in [0.4, 0.5) is 0 Å². The molecule has 1 aromatic carbocycles. The molecule has 1 heterocycles. The zero-order valence-electron chi connectivity index (χ0n) is 10.6. The number of nitrogens with two attached hydrogens (primary N) is 1. The summed E-state index contributed by atoms with van der Waals surface area (Å²) in [6.45, 7) is 3.60. The molecule has 0 radical (unpaired) electrons. The third kappa shape index (κ3) is 3.24. The summed E-state index contributed by atoms with van der Waals surface area (Å²) in [7, 11) is 0. The van der Waals surface area contributed by atoms with E-state index < -0.39 is 0 Å². The molecule has 1 fully saturated rings. The van der Waals surface area contributed by atoms with Crippen LogP contribution in [-0.2, 0) is 11.2 Å². The van der Waals surface area contributed by atoms with Crippen LogP contribution in [0.2, 0.25) is 5.02 Å². The van der Waals surface area contributed by atoms with Crippen molar-refractivity contribution in [1.29, 1.82) is 0 Å². The number of piperidine rings is 1. The normalized spacial score (nSPS) is 24.1. The Kier molecular flexibility index (Phi) is 4.25. The van der Waals surface area contributed by atoms with E-state index >= 15 is 0 Å². The fourth-order valence-electron chi connectivity index (χ4n) is 2.52. The molecule has 0 aliphatic carbocycles. The van der Waals surface area contributed by atoms with Crippen LogP contribution in [0.3, 0.4) is 0 Å². The number of halogens is 1. The lowest BCUT2D eigenvalue weighted by atomic mass is 9.96. The lowest BCUT2D eigenvalue weighted by Gasteiger charge is -2.35. The molecule has 0 bridgehead atoms. The lowest BCUT2D eigenvalue weighted by Crippen LogP contribution is -2.49. The van der Waals surface area contributed by atoms with Crippen molar-refractivity contribution in [1.82, 2.24) is 4.90 Å². The van der Waals surface area contributed by atoms with Crippen LogP contribution in [0.5, 0.6) is 0 Å². The maximum absolute atomic E-state index is 12.2. The number of hydrogen-bond donors (Lipinski definition) is 1. The zero-order valence-corrected chi connectivity index (χ0v) is 11.4. The Morgan fingerprint density at radius 3 is 2.83 bits per heavy atom. The first-order valence-electron chi connectivity index (χ1n) is 6.33. The topological polar surface area (TPSA) is 46.3 Å². The Morgan fingerprint density at radius 2 is 2.17 bits per heavy atom. The highest BCUT2D eigenvalue weighted by molar-refractivity contribution is 6.31. The van der Waals surface area contributed by atoms with Crippen molar-refractivity contribution in [2.75, 3.05) is 13.1 Å². The first-order chi connectivity index (χ1) is 8.56. The molecule has 18 heavy (non-hydrogen) atoms. The number of likely N-dealkylation sites (tertiary alicyclic amines) is 1.